The van der Waals surface area contributed by atoms with Crippen LogP contribution in [0.2, 0.25) is 0 Å². The van der Waals surface area contributed by atoms with Gasteiger partial charge in [0.1, 0.15) is 11.6 Å². The molecule has 0 aliphatic carbocycles. The van der Waals surface area contributed by atoms with Crippen molar-refractivity contribution in [2.45, 2.75) is 6.54 Å². The van der Waals surface area contributed by atoms with Crippen LogP contribution in [0.5, 0.6) is 5.75 Å². The van der Waals surface area contributed by atoms with Crippen LogP contribution in [0.15, 0.2) is 48.5 Å². The van der Waals surface area contributed by atoms with E-state index in [1.54, 1.807) is 12.1 Å². The van der Waals surface area contributed by atoms with Gasteiger partial charge >= 0.3 is 0 Å². The monoisotopic (exact) mass is 239 g/mol. The minimum Gasteiger partial charge on any atom is -0.508 e. The first kappa shape index (κ1) is 10.7. The van der Waals surface area contributed by atoms with Gasteiger partial charge in [0.05, 0.1) is 17.6 Å². The number of fused-ring (bicyclic) bond motifs is 1. The molecule has 0 aliphatic heterocycles. The zero-order valence-corrected chi connectivity index (χ0v) is 9.72. The maximum atomic E-state index is 9.19. The normalized spacial score (nSPS) is 10.7. The van der Waals surface area contributed by atoms with E-state index in [1.165, 1.54) is 0 Å². The number of benzene rings is 2. The molecule has 4 nitrogen and oxygen atoms in total. The lowest BCUT2D eigenvalue weighted by Crippen LogP contribution is -2.00. The number of imidazole rings is 1. The molecule has 90 valence electrons. The molecular formula is C14H13N3O. The van der Waals surface area contributed by atoms with Crippen molar-refractivity contribution in [3.8, 4) is 5.75 Å². The third-order valence-electron chi connectivity index (χ3n) is 2.77. The zero-order valence-electron chi connectivity index (χ0n) is 9.72. The number of aromatic nitrogens is 2. The summed E-state index contributed by atoms with van der Waals surface area (Å²) in [5, 5.41) is 12.4. The summed E-state index contributed by atoms with van der Waals surface area (Å²) in [7, 11) is 0. The quantitative estimate of drug-likeness (QED) is 0.616. The molecule has 3 aromatic rings. The Morgan fingerprint density at radius 2 is 1.83 bits per heavy atom. The topological polar surface area (TPSA) is 60.9 Å². The molecule has 0 amide bonds. The van der Waals surface area contributed by atoms with E-state index in [2.05, 4.69) is 15.3 Å². The number of phenolic OH excluding ortho intramolecular Hbond substituents is 1. The fourth-order valence-electron chi connectivity index (χ4n) is 1.85. The average molecular weight is 239 g/mol. The Labute approximate surface area is 104 Å². The van der Waals surface area contributed by atoms with Crippen molar-refractivity contribution in [1.82, 2.24) is 9.97 Å². The number of phenols is 1. The summed E-state index contributed by atoms with van der Waals surface area (Å²) in [6.45, 7) is 0.624. The minimum atomic E-state index is 0.268. The number of hydrogen-bond donors (Lipinski definition) is 3. The number of hydrogen-bond acceptors (Lipinski definition) is 3. The van der Waals surface area contributed by atoms with Crippen molar-refractivity contribution < 1.29 is 5.11 Å². The van der Waals surface area contributed by atoms with E-state index in [4.69, 9.17) is 0 Å². The van der Waals surface area contributed by atoms with Crippen molar-refractivity contribution in [3.63, 3.8) is 0 Å². The van der Waals surface area contributed by atoms with Gasteiger partial charge in [0, 0.05) is 5.69 Å². The number of nitrogens with one attached hydrogen (secondary N) is 2. The second-order valence-corrected chi connectivity index (χ2v) is 4.10. The van der Waals surface area contributed by atoms with E-state index < -0.39 is 0 Å². The molecule has 0 saturated heterocycles. The first-order valence-electron chi connectivity index (χ1n) is 5.78. The average Bonchev–Trinajstić information content (AvgIpc) is 2.81. The van der Waals surface area contributed by atoms with Gasteiger partial charge in [-0.05, 0) is 36.4 Å². The predicted molar refractivity (Wildman–Crippen MR) is 71.5 cm³/mol. The van der Waals surface area contributed by atoms with E-state index in [9.17, 15) is 5.11 Å². The highest BCUT2D eigenvalue weighted by molar-refractivity contribution is 5.74. The molecule has 0 radical (unpaired) electrons. The van der Waals surface area contributed by atoms with E-state index >= 15 is 0 Å². The lowest BCUT2D eigenvalue weighted by Gasteiger charge is -2.03. The number of aromatic hydroxyl groups is 1. The van der Waals surface area contributed by atoms with E-state index in [0.29, 0.717) is 6.54 Å². The lowest BCUT2D eigenvalue weighted by atomic mass is 10.3. The van der Waals surface area contributed by atoms with Gasteiger partial charge in [-0.1, -0.05) is 12.1 Å². The SMILES string of the molecule is Oc1ccc(NCc2nc3ccccc3[nH]2)cc1. The van der Waals surface area contributed by atoms with Gasteiger partial charge in [-0.3, -0.25) is 0 Å². The molecule has 3 N–H and O–H groups in total. The Morgan fingerprint density at radius 3 is 2.61 bits per heavy atom. The Kier molecular flexibility index (Phi) is 2.61. The molecule has 2 aromatic carbocycles. The summed E-state index contributed by atoms with van der Waals surface area (Å²) in [5.74, 6) is 1.16. The van der Waals surface area contributed by atoms with Crippen molar-refractivity contribution in [3.05, 3.63) is 54.4 Å². The molecule has 0 unspecified atom stereocenters. The van der Waals surface area contributed by atoms with Gasteiger partial charge in [-0.15, -0.1) is 0 Å². The molecule has 0 saturated carbocycles. The Hall–Kier alpha value is -2.49. The first-order chi connectivity index (χ1) is 8.81. The minimum absolute atomic E-state index is 0.268. The molecule has 4 heteroatoms. The van der Waals surface area contributed by atoms with Crippen LogP contribution in [0.1, 0.15) is 5.82 Å². The van der Waals surface area contributed by atoms with Gasteiger partial charge in [0.2, 0.25) is 0 Å². The number of rotatable bonds is 3. The largest absolute Gasteiger partial charge is 0.508 e. The van der Waals surface area contributed by atoms with Crippen LogP contribution in [-0.2, 0) is 6.54 Å². The molecule has 0 bridgehead atoms. The van der Waals surface area contributed by atoms with Crippen molar-refractivity contribution >= 4 is 16.7 Å². The summed E-state index contributed by atoms with van der Waals surface area (Å²) < 4.78 is 0. The third-order valence-corrected chi connectivity index (χ3v) is 2.77. The van der Waals surface area contributed by atoms with Crippen LogP contribution < -0.4 is 5.32 Å². The fraction of sp³-hybridized carbons (Fsp3) is 0.0714. The van der Waals surface area contributed by atoms with Gasteiger partial charge < -0.3 is 15.4 Å². The van der Waals surface area contributed by atoms with Crippen molar-refractivity contribution in [2.75, 3.05) is 5.32 Å². The van der Waals surface area contributed by atoms with Gasteiger partial charge in [0.25, 0.3) is 0 Å². The standard InChI is InChI=1S/C14H13N3O/c18-11-7-5-10(6-8-11)15-9-14-16-12-3-1-2-4-13(12)17-14/h1-8,15,18H,9H2,(H,16,17). The van der Waals surface area contributed by atoms with E-state index in [1.807, 2.05) is 36.4 Å². The molecule has 0 atom stereocenters. The molecular weight excluding hydrogens is 226 g/mol. The summed E-state index contributed by atoms with van der Waals surface area (Å²) in [5.41, 5.74) is 2.97. The number of nitrogens with zero attached hydrogens (tertiary/aromatic N) is 1. The molecule has 0 spiro atoms. The Bertz CT molecular complexity index is 625. The smallest absolute Gasteiger partial charge is 0.126 e. The van der Waals surface area contributed by atoms with Crippen LogP contribution in [0.3, 0.4) is 0 Å². The van der Waals surface area contributed by atoms with Crippen LogP contribution in [-0.4, -0.2) is 15.1 Å². The number of anilines is 1. The lowest BCUT2D eigenvalue weighted by molar-refractivity contribution is 0.475. The van der Waals surface area contributed by atoms with Crippen LogP contribution in [0, 0.1) is 0 Å². The highest BCUT2D eigenvalue weighted by Crippen LogP contribution is 2.15. The fourth-order valence-corrected chi connectivity index (χ4v) is 1.85. The molecule has 1 heterocycles. The maximum Gasteiger partial charge on any atom is 0.126 e. The summed E-state index contributed by atoms with van der Waals surface area (Å²) >= 11 is 0. The zero-order chi connectivity index (χ0) is 12.4. The second kappa shape index (κ2) is 4.41. The maximum absolute atomic E-state index is 9.19. The first-order valence-corrected chi connectivity index (χ1v) is 5.78. The van der Waals surface area contributed by atoms with Gasteiger partial charge in [-0.25, -0.2) is 4.98 Å². The molecule has 0 aliphatic rings. The Balaban J connectivity index is 1.74. The van der Waals surface area contributed by atoms with Crippen LogP contribution in [0.25, 0.3) is 11.0 Å². The molecule has 3 rings (SSSR count). The number of para-hydroxylation sites is 2. The summed E-state index contributed by atoms with van der Waals surface area (Å²) in [4.78, 5) is 7.73. The molecule has 18 heavy (non-hydrogen) atoms. The van der Waals surface area contributed by atoms with Crippen LogP contribution >= 0.6 is 0 Å². The van der Waals surface area contributed by atoms with Crippen molar-refractivity contribution in [1.29, 1.82) is 0 Å². The van der Waals surface area contributed by atoms with Crippen molar-refractivity contribution in [2.24, 2.45) is 0 Å². The summed E-state index contributed by atoms with van der Waals surface area (Å²) in [6, 6.07) is 14.9. The highest BCUT2D eigenvalue weighted by Gasteiger charge is 2.01. The molecule has 1 aromatic heterocycles. The predicted octanol–water partition coefficient (Wildman–Crippen LogP) is 2.88. The van der Waals surface area contributed by atoms with Crippen LogP contribution in [0.4, 0.5) is 5.69 Å². The Morgan fingerprint density at radius 1 is 1.06 bits per heavy atom. The highest BCUT2D eigenvalue weighted by atomic mass is 16.3. The summed E-state index contributed by atoms with van der Waals surface area (Å²) in [6.07, 6.45) is 0. The third kappa shape index (κ3) is 2.13. The van der Waals surface area contributed by atoms with Gasteiger partial charge in [-0.2, -0.15) is 0 Å². The number of H-pyrrole nitrogens is 1. The second-order valence-electron chi connectivity index (χ2n) is 4.10. The van der Waals surface area contributed by atoms with Gasteiger partial charge in [0.15, 0.2) is 0 Å². The van der Waals surface area contributed by atoms with E-state index in [0.717, 1.165) is 22.5 Å². The molecule has 0 fully saturated rings. The van der Waals surface area contributed by atoms with E-state index in [-0.39, 0.29) is 5.75 Å². The number of aromatic amines is 1.